The van der Waals surface area contributed by atoms with Crippen LogP contribution >= 0.6 is 11.6 Å². The van der Waals surface area contributed by atoms with Gasteiger partial charge in [-0.05, 0) is 30.9 Å². The third-order valence-electron chi connectivity index (χ3n) is 2.09. The van der Waals surface area contributed by atoms with E-state index in [0.29, 0.717) is 12.8 Å². The highest BCUT2D eigenvalue weighted by Gasteiger charge is 2.28. The summed E-state index contributed by atoms with van der Waals surface area (Å²) in [7, 11) is 0. The zero-order valence-corrected chi connectivity index (χ0v) is 7.79. The number of halogens is 1. The monoisotopic (exact) mass is 206 g/mol. The minimum absolute atomic E-state index is 0.566. The average Bonchev–Trinajstić information content (AvgIpc) is 2.08. The number of rotatable bonds is 2. The molecule has 0 heterocycles. The van der Waals surface area contributed by atoms with Gasteiger partial charge in [-0.2, -0.15) is 0 Å². The minimum atomic E-state index is -1.14. The molecule has 0 amide bonds. The van der Waals surface area contributed by atoms with Crippen molar-refractivity contribution in [3.8, 4) is 0 Å². The molecule has 0 bridgehead atoms. The Bertz CT molecular complexity index is 216. The summed E-state index contributed by atoms with van der Waals surface area (Å²) in [6, 6.07) is 0. The van der Waals surface area contributed by atoms with Crippen LogP contribution in [-0.2, 0) is 14.3 Å². The van der Waals surface area contributed by atoms with Crippen molar-refractivity contribution < 1.29 is 19.4 Å². The maximum atomic E-state index is 10.7. The summed E-state index contributed by atoms with van der Waals surface area (Å²) >= 11 is 4.90. The lowest BCUT2D eigenvalue weighted by molar-refractivity contribution is -0.161. The summed E-state index contributed by atoms with van der Waals surface area (Å²) in [5.74, 6) is -1.08. The molecular formula is C8H11ClO4. The molecule has 0 aliphatic heterocycles. The van der Waals surface area contributed by atoms with Crippen LogP contribution in [0.3, 0.4) is 0 Å². The third-order valence-corrected chi connectivity index (χ3v) is 2.24. The lowest BCUT2D eigenvalue weighted by atomic mass is 9.95. The van der Waals surface area contributed by atoms with Gasteiger partial charge >= 0.3 is 11.2 Å². The van der Waals surface area contributed by atoms with Gasteiger partial charge in [0.25, 0.3) is 0 Å². The fourth-order valence-electron chi connectivity index (χ4n) is 1.40. The second-order valence-electron chi connectivity index (χ2n) is 3.07. The second-order valence-corrected chi connectivity index (χ2v) is 3.41. The van der Waals surface area contributed by atoms with Gasteiger partial charge in [0.15, 0.2) is 0 Å². The van der Waals surface area contributed by atoms with Crippen LogP contribution in [-0.4, -0.2) is 28.5 Å². The predicted octanol–water partition coefficient (Wildman–Crippen LogP) is 0.599. The van der Waals surface area contributed by atoms with Gasteiger partial charge in [-0.25, -0.2) is 4.79 Å². The summed E-state index contributed by atoms with van der Waals surface area (Å²) in [5, 5.41) is 8.23. The zero-order valence-electron chi connectivity index (χ0n) is 7.03. The number of ether oxygens (including phenoxy) is 1. The fourth-order valence-corrected chi connectivity index (χ4v) is 1.44. The molecule has 1 aliphatic rings. The Morgan fingerprint density at radius 2 is 1.92 bits per heavy atom. The van der Waals surface area contributed by atoms with Gasteiger partial charge in [0, 0.05) is 0 Å². The lowest BCUT2D eigenvalue weighted by Gasteiger charge is -2.26. The van der Waals surface area contributed by atoms with Crippen molar-refractivity contribution in [1.82, 2.24) is 0 Å². The number of carbonyl (C=O) groups is 2. The zero-order chi connectivity index (χ0) is 9.84. The van der Waals surface area contributed by atoms with Crippen LogP contribution in [0.2, 0.25) is 0 Å². The molecular weight excluding hydrogens is 196 g/mol. The second kappa shape index (κ2) is 4.58. The van der Waals surface area contributed by atoms with Crippen LogP contribution in [0.5, 0.6) is 0 Å². The van der Waals surface area contributed by atoms with Gasteiger partial charge in [0.1, 0.15) is 6.10 Å². The number of esters is 1. The molecule has 13 heavy (non-hydrogen) atoms. The highest BCUT2D eigenvalue weighted by molar-refractivity contribution is 6.80. The van der Waals surface area contributed by atoms with E-state index in [1.54, 1.807) is 0 Å². The van der Waals surface area contributed by atoms with Crippen molar-refractivity contribution in [3.05, 3.63) is 0 Å². The molecule has 1 rings (SSSR count). The summed E-state index contributed by atoms with van der Waals surface area (Å²) in [5.41, 5.74) is 0. The smallest absolute Gasteiger partial charge is 0.391 e. The average molecular weight is 207 g/mol. The lowest BCUT2D eigenvalue weighted by Crippen LogP contribution is -2.35. The molecule has 1 saturated carbocycles. The minimum Gasteiger partial charge on any atom is -0.453 e. The first-order chi connectivity index (χ1) is 6.11. The first-order valence-corrected chi connectivity index (χ1v) is 4.57. The molecule has 0 aromatic heterocycles. The van der Waals surface area contributed by atoms with E-state index in [2.05, 4.69) is 0 Å². The van der Waals surface area contributed by atoms with Crippen molar-refractivity contribution in [2.45, 2.75) is 37.9 Å². The Balaban J connectivity index is 2.42. The fraction of sp³-hybridized carbons (Fsp3) is 0.750. The molecule has 0 aromatic carbocycles. The van der Waals surface area contributed by atoms with Crippen LogP contribution in [0.15, 0.2) is 0 Å². The topological polar surface area (TPSA) is 63.6 Å². The molecule has 0 aromatic rings. The van der Waals surface area contributed by atoms with Crippen molar-refractivity contribution in [2.24, 2.45) is 0 Å². The van der Waals surface area contributed by atoms with Crippen LogP contribution in [0.25, 0.3) is 0 Å². The van der Waals surface area contributed by atoms with E-state index in [4.69, 9.17) is 16.3 Å². The first-order valence-electron chi connectivity index (χ1n) is 4.20. The molecule has 1 fully saturated rings. The Morgan fingerprint density at radius 1 is 1.31 bits per heavy atom. The van der Waals surface area contributed by atoms with E-state index in [0.717, 1.165) is 12.8 Å². The molecule has 0 radical (unpaired) electrons. The Labute approximate surface area is 80.8 Å². The molecule has 1 aliphatic carbocycles. The molecule has 0 spiro atoms. The van der Waals surface area contributed by atoms with Gasteiger partial charge < -0.3 is 9.84 Å². The summed E-state index contributed by atoms with van der Waals surface area (Å²) in [6.45, 7) is 0. The van der Waals surface area contributed by atoms with Crippen molar-refractivity contribution >= 4 is 22.8 Å². The molecule has 2 atom stereocenters. The van der Waals surface area contributed by atoms with Gasteiger partial charge in [-0.1, -0.05) is 6.42 Å². The van der Waals surface area contributed by atoms with Crippen molar-refractivity contribution in [3.63, 3.8) is 0 Å². The van der Waals surface area contributed by atoms with Crippen LogP contribution in [0.1, 0.15) is 25.7 Å². The third kappa shape index (κ3) is 2.97. The summed E-state index contributed by atoms with van der Waals surface area (Å²) in [4.78, 5) is 21.1. The SMILES string of the molecule is O=C(Cl)C(=O)O[C@H]1CCCC[C@@H]1O. The van der Waals surface area contributed by atoms with E-state index in [1.807, 2.05) is 0 Å². The molecule has 5 heteroatoms. The normalized spacial score (nSPS) is 28.2. The maximum absolute atomic E-state index is 10.7. The largest absolute Gasteiger partial charge is 0.453 e. The maximum Gasteiger partial charge on any atom is 0.391 e. The van der Waals surface area contributed by atoms with Gasteiger partial charge in [-0.3, -0.25) is 4.79 Å². The Kier molecular flexibility index (Phi) is 3.69. The Hall–Kier alpha value is -0.610. The van der Waals surface area contributed by atoms with Crippen LogP contribution < -0.4 is 0 Å². The standard InChI is InChI=1S/C8H11ClO4/c9-7(11)8(12)13-6-4-2-1-3-5(6)10/h5-6,10H,1-4H2/t5-,6-/m0/s1. The van der Waals surface area contributed by atoms with Gasteiger partial charge in [-0.15, -0.1) is 0 Å². The molecule has 4 nitrogen and oxygen atoms in total. The highest BCUT2D eigenvalue weighted by atomic mass is 35.5. The number of aliphatic hydroxyl groups excluding tert-OH is 1. The highest BCUT2D eigenvalue weighted by Crippen LogP contribution is 2.21. The molecule has 74 valence electrons. The van der Waals surface area contributed by atoms with Crippen molar-refractivity contribution in [2.75, 3.05) is 0 Å². The Morgan fingerprint density at radius 3 is 2.46 bits per heavy atom. The quantitative estimate of drug-likeness (QED) is 0.408. The molecule has 1 N–H and O–H groups in total. The van der Waals surface area contributed by atoms with Gasteiger partial charge in [0.2, 0.25) is 0 Å². The number of hydrogen-bond acceptors (Lipinski definition) is 4. The van der Waals surface area contributed by atoms with E-state index >= 15 is 0 Å². The molecule has 0 saturated heterocycles. The summed E-state index contributed by atoms with van der Waals surface area (Å²) < 4.78 is 4.69. The van der Waals surface area contributed by atoms with Crippen molar-refractivity contribution in [1.29, 1.82) is 0 Å². The van der Waals surface area contributed by atoms with Gasteiger partial charge in [0.05, 0.1) is 6.10 Å². The van der Waals surface area contributed by atoms with E-state index in [1.165, 1.54) is 0 Å². The predicted molar refractivity (Wildman–Crippen MR) is 45.2 cm³/mol. The molecule has 0 unspecified atom stereocenters. The number of carbonyl (C=O) groups excluding carboxylic acids is 2. The van der Waals surface area contributed by atoms with E-state index in [-0.39, 0.29) is 0 Å². The number of aliphatic hydroxyl groups is 1. The van der Waals surface area contributed by atoms with E-state index < -0.39 is 23.4 Å². The van der Waals surface area contributed by atoms with E-state index in [9.17, 15) is 14.7 Å². The van der Waals surface area contributed by atoms with Crippen LogP contribution in [0.4, 0.5) is 0 Å². The first kappa shape index (κ1) is 10.5. The summed E-state index contributed by atoms with van der Waals surface area (Å²) in [6.07, 6.45) is 1.79. The number of hydrogen-bond donors (Lipinski definition) is 1. The van der Waals surface area contributed by atoms with Crippen LogP contribution in [0, 0.1) is 0 Å².